The van der Waals surface area contributed by atoms with Crippen molar-refractivity contribution in [2.24, 2.45) is 5.92 Å². The molecular weight excluding hydrogens is 172 g/mol. The Labute approximate surface area is 76.4 Å². The molecule has 12 heavy (non-hydrogen) atoms. The molecule has 0 unspecified atom stereocenters. The minimum Gasteiger partial charge on any atom is -0.465 e. The number of allylic oxidation sites excluding steroid dienone is 1. The number of fused-ring (bicyclic) bond motifs is 2. The molecule has 2 bridgehead atoms. The molecule has 0 radical (unpaired) electrons. The number of thioether (sulfide) groups is 1. The molecule has 0 aromatic rings. The van der Waals surface area contributed by atoms with Crippen LogP contribution >= 0.6 is 11.8 Å². The van der Waals surface area contributed by atoms with E-state index in [1.807, 2.05) is 11.8 Å². The Kier molecular flexibility index (Phi) is 2.13. The summed E-state index contributed by atoms with van der Waals surface area (Å²) in [4.78, 5) is 10.6. The summed E-state index contributed by atoms with van der Waals surface area (Å²) < 4.78 is 4.98. The number of esters is 1. The number of carbonyl (C=O) groups excluding carboxylic acids is 1. The van der Waals surface area contributed by atoms with Gasteiger partial charge < -0.3 is 4.74 Å². The molecule has 0 spiro atoms. The van der Waals surface area contributed by atoms with E-state index in [4.69, 9.17) is 4.74 Å². The lowest BCUT2D eigenvalue weighted by Gasteiger charge is -2.16. The molecule has 0 aromatic heterocycles. The Morgan fingerprint density at radius 2 is 2.50 bits per heavy atom. The van der Waals surface area contributed by atoms with Gasteiger partial charge in [0.15, 0.2) is 0 Å². The molecular formula is C9H12O2S. The third kappa shape index (κ3) is 1.51. The highest BCUT2D eigenvalue weighted by Gasteiger charge is 2.36. The first-order valence-electron chi connectivity index (χ1n) is 4.23. The van der Waals surface area contributed by atoms with Crippen LogP contribution < -0.4 is 0 Å². The van der Waals surface area contributed by atoms with Gasteiger partial charge in [-0.25, -0.2) is 0 Å². The fourth-order valence-electron chi connectivity index (χ4n) is 1.76. The van der Waals surface area contributed by atoms with E-state index in [2.05, 4.69) is 12.2 Å². The van der Waals surface area contributed by atoms with E-state index < -0.39 is 0 Å². The largest absolute Gasteiger partial charge is 0.465 e. The maximum absolute atomic E-state index is 10.6. The molecule has 2 nitrogen and oxygen atoms in total. The Hall–Kier alpha value is -0.440. The molecule has 1 saturated heterocycles. The zero-order valence-electron chi connectivity index (χ0n) is 7.03. The van der Waals surface area contributed by atoms with Gasteiger partial charge in [0.1, 0.15) is 6.61 Å². The van der Waals surface area contributed by atoms with Gasteiger partial charge in [0.2, 0.25) is 0 Å². The second-order valence-corrected chi connectivity index (χ2v) is 4.78. The Balaban J connectivity index is 1.83. The van der Waals surface area contributed by atoms with E-state index in [0.717, 1.165) is 0 Å². The van der Waals surface area contributed by atoms with Crippen LogP contribution in [0.3, 0.4) is 0 Å². The Bertz CT molecular complexity index is 225. The van der Waals surface area contributed by atoms with E-state index in [0.29, 0.717) is 23.0 Å². The van der Waals surface area contributed by atoms with Crippen LogP contribution in [0.4, 0.5) is 0 Å². The Morgan fingerprint density at radius 1 is 1.67 bits per heavy atom. The van der Waals surface area contributed by atoms with Crippen molar-refractivity contribution in [2.75, 3.05) is 6.61 Å². The first-order chi connectivity index (χ1) is 5.75. The second-order valence-electron chi connectivity index (χ2n) is 3.30. The molecule has 2 aliphatic rings. The van der Waals surface area contributed by atoms with Crippen LogP contribution in [0.25, 0.3) is 0 Å². The molecule has 0 aromatic carbocycles. The summed E-state index contributed by atoms with van der Waals surface area (Å²) in [6.45, 7) is 2.05. The first-order valence-corrected chi connectivity index (χ1v) is 5.17. The van der Waals surface area contributed by atoms with Crippen molar-refractivity contribution in [1.29, 1.82) is 0 Å². The average molecular weight is 184 g/mol. The smallest absolute Gasteiger partial charge is 0.302 e. The molecule has 1 aliphatic heterocycles. The minimum absolute atomic E-state index is 0.164. The molecule has 0 N–H and O–H groups in total. The molecule has 1 heterocycles. The number of carbonyl (C=O) groups is 1. The van der Waals surface area contributed by atoms with Crippen LogP contribution in [-0.4, -0.2) is 23.1 Å². The lowest BCUT2D eigenvalue weighted by atomic mass is 10.1. The van der Waals surface area contributed by atoms with Crippen LogP contribution in [0.15, 0.2) is 12.2 Å². The maximum atomic E-state index is 10.6. The molecule has 3 heteroatoms. The van der Waals surface area contributed by atoms with Crippen molar-refractivity contribution in [2.45, 2.75) is 23.8 Å². The highest BCUT2D eigenvalue weighted by molar-refractivity contribution is 8.01. The summed E-state index contributed by atoms with van der Waals surface area (Å²) in [7, 11) is 0. The first kappa shape index (κ1) is 8.17. The highest BCUT2D eigenvalue weighted by atomic mass is 32.2. The topological polar surface area (TPSA) is 26.3 Å². The van der Waals surface area contributed by atoms with Crippen molar-refractivity contribution >= 4 is 17.7 Å². The zero-order valence-corrected chi connectivity index (χ0v) is 7.84. The maximum Gasteiger partial charge on any atom is 0.302 e. The van der Waals surface area contributed by atoms with Gasteiger partial charge in [-0.1, -0.05) is 12.2 Å². The Morgan fingerprint density at radius 3 is 3.00 bits per heavy atom. The molecule has 0 saturated carbocycles. The van der Waals surface area contributed by atoms with Crippen LogP contribution in [0.2, 0.25) is 0 Å². The van der Waals surface area contributed by atoms with Crippen molar-refractivity contribution in [3.63, 3.8) is 0 Å². The van der Waals surface area contributed by atoms with Crippen molar-refractivity contribution in [1.82, 2.24) is 0 Å². The average Bonchev–Trinajstić information content (AvgIpc) is 2.60. The minimum atomic E-state index is -0.164. The van der Waals surface area contributed by atoms with E-state index >= 15 is 0 Å². The number of rotatable bonds is 2. The molecule has 0 amide bonds. The number of hydrogen-bond acceptors (Lipinski definition) is 3. The number of ether oxygens (including phenoxy) is 1. The van der Waals surface area contributed by atoms with Gasteiger partial charge >= 0.3 is 5.97 Å². The van der Waals surface area contributed by atoms with Crippen molar-refractivity contribution < 1.29 is 9.53 Å². The summed E-state index contributed by atoms with van der Waals surface area (Å²) in [5, 5.41) is 1.21. The van der Waals surface area contributed by atoms with Gasteiger partial charge in [0, 0.05) is 17.4 Å². The predicted octanol–water partition coefficient (Wildman–Crippen LogP) is 1.61. The second kappa shape index (κ2) is 3.13. The normalized spacial score (nSPS) is 37.2. The van der Waals surface area contributed by atoms with Gasteiger partial charge in [0.05, 0.1) is 0 Å². The molecule has 1 aliphatic carbocycles. The number of hydrogen-bond donors (Lipinski definition) is 0. The van der Waals surface area contributed by atoms with E-state index in [-0.39, 0.29) is 5.97 Å². The summed E-state index contributed by atoms with van der Waals surface area (Å²) in [6, 6.07) is 0. The molecule has 2 rings (SSSR count). The van der Waals surface area contributed by atoms with E-state index in [1.54, 1.807) is 0 Å². The quantitative estimate of drug-likeness (QED) is 0.482. The summed E-state index contributed by atoms with van der Waals surface area (Å²) in [5.74, 6) is 0.488. The van der Waals surface area contributed by atoms with Gasteiger partial charge in [-0.15, -0.1) is 11.8 Å². The highest BCUT2D eigenvalue weighted by Crippen LogP contribution is 2.44. The summed E-state index contributed by atoms with van der Waals surface area (Å²) in [5.41, 5.74) is 0. The predicted molar refractivity (Wildman–Crippen MR) is 49.0 cm³/mol. The molecule has 1 fully saturated rings. The lowest BCUT2D eigenvalue weighted by Crippen LogP contribution is -2.18. The fourth-order valence-corrected chi connectivity index (χ4v) is 3.27. The third-order valence-corrected chi connectivity index (χ3v) is 3.89. The third-order valence-electron chi connectivity index (χ3n) is 2.36. The van der Waals surface area contributed by atoms with Crippen LogP contribution in [-0.2, 0) is 9.53 Å². The van der Waals surface area contributed by atoms with Crippen LogP contribution in [0.5, 0.6) is 0 Å². The monoisotopic (exact) mass is 184 g/mol. The van der Waals surface area contributed by atoms with Crippen LogP contribution in [0, 0.1) is 5.92 Å². The summed E-state index contributed by atoms with van der Waals surface area (Å²) in [6.07, 6.45) is 5.77. The fraction of sp³-hybridized carbons (Fsp3) is 0.667. The van der Waals surface area contributed by atoms with Gasteiger partial charge in [0.25, 0.3) is 0 Å². The van der Waals surface area contributed by atoms with E-state index in [1.165, 1.54) is 13.3 Å². The van der Waals surface area contributed by atoms with Gasteiger partial charge in [-0.3, -0.25) is 4.79 Å². The van der Waals surface area contributed by atoms with Crippen molar-refractivity contribution in [3.8, 4) is 0 Å². The molecule has 66 valence electrons. The van der Waals surface area contributed by atoms with Gasteiger partial charge in [-0.05, 0) is 12.3 Å². The van der Waals surface area contributed by atoms with Crippen molar-refractivity contribution in [3.05, 3.63) is 12.2 Å². The van der Waals surface area contributed by atoms with Gasteiger partial charge in [-0.2, -0.15) is 0 Å². The zero-order chi connectivity index (χ0) is 8.55. The van der Waals surface area contributed by atoms with E-state index in [9.17, 15) is 4.79 Å². The lowest BCUT2D eigenvalue weighted by molar-refractivity contribution is -0.141. The molecule has 3 atom stereocenters. The standard InChI is InChI=1S/C9H12O2S/c1-6(10)11-5-9-7-2-3-8(4-7)12-9/h2-3,7-9H,4-5H2,1H3/t7-,8+,9+/m1/s1. The SMILES string of the molecule is CC(=O)OC[C@@H]1S[C@H]2C=C[C@@H]1C2. The van der Waals surface area contributed by atoms with Crippen LogP contribution in [0.1, 0.15) is 13.3 Å². The summed E-state index contributed by atoms with van der Waals surface area (Å²) >= 11 is 1.94.